The molecule has 1 aliphatic rings. The Morgan fingerprint density at radius 3 is 2.56 bits per heavy atom. The first-order chi connectivity index (χ1) is 8.45. The Kier molecular flexibility index (Phi) is 3.62. The van der Waals surface area contributed by atoms with Crippen LogP contribution in [0.25, 0.3) is 0 Å². The molecule has 0 aromatic carbocycles. The molecule has 8 heteroatoms. The van der Waals surface area contributed by atoms with Crippen LogP contribution in [0, 0.1) is 0 Å². The van der Waals surface area contributed by atoms with Crippen molar-refractivity contribution in [3.63, 3.8) is 0 Å². The molecule has 7 nitrogen and oxygen atoms in total. The Balaban J connectivity index is 2.46. The van der Waals surface area contributed by atoms with Crippen molar-refractivity contribution in [1.29, 1.82) is 0 Å². The first kappa shape index (κ1) is 13.3. The number of rotatable bonds is 2. The van der Waals surface area contributed by atoms with Gasteiger partial charge in [0.15, 0.2) is 0 Å². The van der Waals surface area contributed by atoms with Crippen LogP contribution in [0.2, 0.25) is 0 Å². The van der Waals surface area contributed by atoms with Gasteiger partial charge in [0, 0.05) is 12.5 Å². The van der Waals surface area contributed by atoms with Gasteiger partial charge in [0.05, 0.1) is 11.7 Å². The molecule has 1 saturated heterocycles. The number of aliphatic hydroxyl groups is 2. The van der Waals surface area contributed by atoms with E-state index in [4.69, 9.17) is 4.74 Å². The lowest BCUT2D eigenvalue weighted by atomic mass is 10.0. The van der Waals surface area contributed by atoms with Crippen molar-refractivity contribution >= 4 is 11.9 Å². The SMILES string of the molecule is CSn1cc([C@@H]2O[C@@H](C)[C@@H](O)[C@H]2O)c(=O)[nH]c1=O. The maximum atomic E-state index is 11.7. The summed E-state index contributed by atoms with van der Waals surface area (Å²) >= 11 is 1.11. The van der Waals surface area contributed by atoms with Crippen molar-refractivity contribution < 1.29 is 14.9 Å². The van der Waals surface area contributed by atoms with E-state index in [-0.39, 0.29) is 5.56 Å². The summed E-state index contributed by atoms with van der Waals surface area (Å²) in [4.78, 5) is 25.2. The maximum Gasteiger partial charge on any atom is 0.338 e. The molecule has 1 fully saturated rings. The van der Waals surface area contributed by atoms with E-state index >= 15 is 0 Å². The number of nitrogens with zero attached hydrogens (tertiary/aromatic N) is 1. The van der Waals surface area contributed by atoms with Gasteiger partial charge in [0.25, 0.3) is 5.56 Å². The fourth-order valence-electron chi connectivity index (χ4n) is 1.91. The van der Waals surface area contributed by atoms with Gasteiger partial charge in [0.1, 0.15) is 18.3 Å². The molecule has 0 unspecified atom stereocenters. The summed E-state index contributed by atoms with van der Waals surface area (Å²) in [7, 11) is 0. The van der Waals surface area contributed by atoms with Gasteiger partial charge in [-0.2, -0.15) is 0 Å². The Morgan fingerprint density at radius 2 is 2.06 bits per heavy atom. The molecule has 3 N–H and O–H groups in total. The molecule has 0 radical (unpaired) electrons. The average Bonchev–Trinajstić information content (AvgIpc) is 2.57. The highest BCUT2D eigenvalue weighted by Crippen LogP contribution is 2.31. The van der Waals surface area contributed by atoms with E-state index in [0.717, 1.165) is 11.9 Å². The van der Waals surface area contributed by atoms with Gasteiger partial charge in [-0.05, 0) is 18.9 Å². The van der Waals surface area contributed by atoms with Crippen LogP contribution in [0.4, 0.5) is 0 Å². The average molecular weight is 274 g/mol. The lowest BCUT2D eigenvalue weighted by molar-refractivity contribution is 0.0140. The topological polar surface area (TPSA) is 105 Å². The predicted octanol–water partition coefficient (Wildman–Crippen LogP) is -1.16. The lowest BCUT2D eigenvalue weighted by Gasteiger charge is -2.14. The van der Waals surface area contributed by atoms with E-state index in [1.54, 1.807) is 13.2 Å². The molecule has 0 bridgehead atoms. The minimum atomic E-state index is -1.19. The quantitative estimate of drug-likeness (QED) is 0.628. The van der Waals surface area contributed by atoms with Crippen LogP contribution in [0.5, 0.6) is 0 Å². The highest BCUT2D eigenvalue weighted by molar-refractivity contribution is 7.97. The zero-order valence-electron chi connectivity index (χ0n) is 9.86. The summed E-state index contributed by atoms with van der Waals surface area (Å²) in [6.07, 6.45) is -0.744. The summed E-state index contributed by atoms with van der Waals surface area (Å²) in [6, 6.07) is 0. The summed E-state index contributed by atoms with van der Waals surface area (Å²) in [5.41, 5.74) is -1.03. The maximum absolute atomic E-state index is 11.7. The Labute approximate surface area is 107 Å². The molecule has 0 aliphatic carbocycles. The third-order valence-electron chi connectivity index (χ3n) is 2.94. The normalized spacial score (nSPS) is 31.8. The van der Waals surface area contributed by atoms with Gasteiger partial charge in [0.2, 0.25) is 0 Å². The second kappa shape index (κ2) is 4.88. The Bertz CT molecular complexity index is 554. The molecule has 4 atom stereocenters. The minimum absolute atomic E-state index is 0.125. The molecule has 2 heterocycles. The molecular formula is C10H14N2O5S. The largest absolute Gasteiger partial charge is 0.388 e. The van der Waals surface area contributed by atoms with Crippen molar-refractivity contribution in [2.45, 2.75) is 31.3 Å². The first-order valence-corrected chi connectivity index (χ1v) is 6.56. The summed E-state index contributed by atoms with van der Waals surface area (Å²) in [5, 5.41) is 19.4. The van der Waals surface area contributed by atoms with Crippen LogP contribution in [0.15, 0.2) is 15.8 Å². The van der Waals surface area contributed by atoms with E-state index in [2.05, 4.69) is 4.98 Å². The number of aromatic amines is 1. The van der Waals surface area contributed by atoms with E-state index in [9.17, 15) is 19.8 Å². The molecule has 1 aliphatic heterocycles. The zero-order chi connectivity index (χ0) is 13.4. The van der Waals surface area contributed by atoms with Gasteiger partial charge in [-0.1, -0.05) is 0 Å². The first-order valence-electron chi connectivity index (χ1n) is 5.37. The second-order valence-corrected chi connectivity index (χ2v) is 4.85. The molecule has 18 heavy (non-hydrogen) atoms. The van der Waals surface area contributed by atoms with Crippen LogP contribution >= 0.6 is 11.9 Å². The highest BCUT2D eigenvalue weighted by Gasteiger charge is 2.42. The fraction of sp³-hybridized carbons (Fsp3) is 0.600. The number of H-pyrrole nitrogens is 1. The number of hydrogen-bond acceptors (Lipinski definition) is 6. The Hall–Kier alpha value is -1.09. The van der Waals surface area contributed by atoms with E-state index in [1.807, 2.05) is 0 Å². The zero-order valence-corrected chi connectivity index (χ0v) is 10.7. The summed E-state index contributed by atoms with van der Waals surface area (Å²) in [6.45, 7) is 1.60. The minimum Gasteiger partial charge on any atom is -0.388 e. The van der Waals surface area contributed by atoms with Crippen LogP contribution in [-0.2, 0) is 4.74 Å². The van der Waals surface area contributed by atoms with E-state index < -0.39 is 35.7 Å². The third-order valence-corrected chi connectivity index (χ3v) is 3.61. The van der Waals surface area contributed by atoms with Crippen molar-refractivity contribution in [2.24, 2.45) is 0 Å². The number of nitrogens with one attached hydrogen (secondary N) is 1. The van der Waals surface area contributed by atoms with E-state index in [1.165, 1.54) is 10.2 Å². The van der Waals surface area contributed by atoms with Crippen LogP contribution < -0.4 is 11.2 Å². The molecule has 0 saturated carbocycles. The molecule has 1 aromatic rings. The van der Waals surface area contributed by atoms with Crippen molar-refractivity contribution in [3.05, 3.63) is 32.6 Å². The fourth-order valence-corrected chi connectivity index (χ4v) is 2.34. The standard InChI is InChI=1S/C10H14N2O5S/c1-4-6(13)7(14)8(17-4)5-3-12(18-2)10(16)11-9(5)15/h3-4,6-8,13-14H,1-2H3,(H,11,15,16)/t4-,6+,7+,8-/m0/s1. The van der Waals surface area contributed by atoms with Gasteiger partial charge in [-0.25, -0.2) is 8.77 Å². The molecule has 1 aromatic heterocycles. The summed E-state index contributed by atoms with van der Waals surface area (Å²) in [5.74, 6) is 0. The van der Waals surface area contributed by atoms with Crippen LogP contribution in [0.1, 0.15) is 18.6 Å². The monoisotopic (exact) mass is 274 g/mol. The van der Waals surface area contributed by atoms with Gasteiger partial charge >= 0.3 is 5.69 Å². The van der Waals surface area contributed by atoms with Crippen molar-refractivity contribution in [1.82, 2.24) is 8.96 Å². The molecule has 2 rings (SSSR count). The number of hydrogen-bond donors (Lipinski definition) is 3. The van der Waals surface area contributed by atoms with Gasteiger partial charge in [-0.3, -0.25) is 9.78 Å². The third kappa shape index (κ3) is 2.12. The van der Waals surface area contributed by atoms with Crippen LogP contribution in [-0.4, -0.2) is 43.7 Å². The summed E-state index contributed by atoms with van der Waals surface area (Å²) < 4.78 is 6.57. The Morgan fingerprint density at radius 1 is 1.39 bits per heavy atom. The molecule has 100 valence electrons. The highest BCUT2D eigenvalue weighted by atomic mass is 32.2. The molecule has 0 spiro atoms. The van der Waals surface area contributed by atoms with Gasteiger partial charge < -0.3 is 14.9 Å². The predicted molar refractivity (Wildman–Crippen MR) is 65.5 cm³/mol. The van der Waals surface area contributed by atoms with Crippen molar-refractivity contribution in [3.8, 4) is 0 Å². The van der Waals surface area contributed by atoms with Crippen molar-refractivity contribution in [2.75, 3.05) is 6.26 Å². The number of ether oxygens (including phenoxy) is 1. The smallest absolute Gasteiger partial charge is 0.338 e. The second-order valence-electron chi connectivity index (χ2n) is 4.10. The van der Waals surface area contributed by atoms with E-state index in [0.29, 0.717) is 0 Å². The molecular weight excluding hydrogens is 260 g/mol. The lowest BCUT2D eigenvalue weighted by Crippen LogP contribution is -2.34. The number of aliphatic hydroxyl groups excluding tert-OH is 2. The molecule has 0 amide bonds. The number of aromatic nitrogens is 2. The van der Waals surface area contributed by atoms with Crippen LogP contribution in [0.3, 0.4) is 0 Å². The van der Waals surface area contributed by atoms with Gasteiger partial charge in [-0.15, -0.1) is 0 Å².